The molecule has 0 saturated carbocycles. The van der Waals surface area contributed by atoms with Gasteiger partial charge in [0.1, 0.15) is 0 Å². The van der Waals surface area contributed by atoms with Crippen LogP contribution in [-0.4, -0.2) is 35.2 Å². The molecule has 1 saturated heterocycles. The fourth-order valence-electron chi connectivity index (χ4n) is 1.30. The number of nitrogens with zero attached hydrogens (tertiary/aromatic N) is 2. The summed E-state index contributed by atoms with van der Waals surface area (Å²) in [6.45, 7) is 1.31. The summed E-state index contributed by atoms with van der Waals surface area (Å²) in [7, 11) is 0. The quantitative estimate of drug-likeness (QED) is 0.550. The van der Waals surface area contributed by atoms with Gasteiger partial charge in [0.15, 0.2) is 6.19 Å². The molecule has 0 aromatic carbocycles. The van der Waals surface area contributed by atoms with E-state index in [1.807, 2.05) is 6.19 Å². The molecule has 0 aliphatic carbocycles. The van der Waals surface area contributed by atoms with Crippen LogP contribution in [0.4, 0.5) is 4.79 Å². The van der Waals surface area contributed by atoms with Gasteiger partial charge in [-0.2, -0.15) is 5.26 Å². The van der Waals surface area contributed by atoms with E-state index in [0.717, 1.165) is 12.8 Å². The average Bonchev–Trinajstić information content (AvgIpc) is 2.05. The van der Waals surface area contributed by atoms with Crippen LogP contribution in [0.25, 0.3) is 0 Å². The molecular weight excluding hydrogens is 158 g/mol. The largest absolute Gasteiger partial charge is 0.465 e. The second-order valence-corrected chi connectivity index (χ2v) is 2.81. The zero-order valence-corrected chi connectivity index (χ0v) is 6.66. The number of nitriles is 1. The number of hydrogen-bond acceptors (Lipinski definition) is 3. The summed E-state index contributed by atoms with van der Waals surface area (Å²) in [6, 6.07) is 0.0205. The fraction of sp³-hybridized carbons (Fsp3) is 0.714. The molecule has 0 unspecified atom stereocenters. The molecule has 5 heteroatoms. The summed E-state index contributed by atoms with van der Waals surface area (Å²) in [6.07, 6.45) is 2.50. The summed E-state index contributed by atoms with van der Waals surface area (Å²) in [5.41, 5.74) is 0. The molecule has 1 aliphatic rings. The van der Waals surface area contributed by atoms with E-state index in [0.29, 0.717) is 13.1 Å². The molecule has 1 fully saturated rings. The first-order valence-corrected chi connectivity index (χ1v) is 3.86. The Labute approximate surface area is 70.6 Å². The highest BCUT2D eigenvalue weighted by Crippen LogP contribution is 2.08. The summed E-state index contributed by atoms with van der Waals surface area (Å²) < 4.78 is 0. The van der Waals surface area contributed by atoms with Crippen LogP contribution in [0.3, 0.4) is 0 Å². The van der Waals surface area contributed by atoms with Crippen LogP contribution in [0.5, 0.6) is 0 Å². The van der Waals surface area contributed by atoms with Crippen LogP contribution >= 0.6 is 0 Å². The number of likely N-dealkylation sites (tertiary alicyclic amines) is 1. The molecule has 5 nitrogen and oxygen atoms in total. The first kappa shape index (κ1) is 8.65. The minimum atomic E-state index is -0.981. The van der Waals surface area contributed by atoms with Crippen molar-refractivity contribution in [1.82, 2.24) is 10.2 Å². The van der Waals surface area contributed by atoms with E-state index in [4.69, 9.17) is 10.4 Å². The summed E-state index contributed by atoms with van der Waals surface area (Å²) in [5.74, 6) is 0. The zero-order chi connectivity index (χ0) is 8.97. The molecule has 0 aromatic heterocycles. The maximum atomic E-state index is 10.2. The van der Waals surface area contributed by atoms with E-state index in [9.17, 15) is 4.79 Å². The number of carboxylic acid groups (broad SMARTS) is 1. The van der Waals surface area contributed by atoms with Gasteiger partial charge in [-0.15, -0.1) is 0 Å². The normalized spacial score (nSPS) is 18.4. The molecule has 66 valence electrons. The van der Waals surface area contributed by atoms with Crippen LogP contribution in [-0.2, 0) is 0 Å². The van der Waals surface area contributed by atoms with Gasteiger partial charge in [-0.1, -0.05) is 0 Å². The number of nitrogens with one attached hydrogen (secondary N) is 1. The van der Waals surface area contributed by atoms with E-state index >= 15 is 0 Å². The third-order valence-electron chi connectivity index (χ3n) is 1.96. The highest BCUT2D eigenvalue weighted by Gasteiger charge is 2.18. The van der Waals surface area contributed by atoms with Gasteiger partial charge >= 0.3 is 6.09 Å². The van der Waals surface area contributed by atoms with Gasteiger partial charge < -0.3 is 15.3 Å². The molecule has 1 aliphatic heterocycles. The molecule has 0 spiro atoms. The minimum Gasteiger partial charge on any atom is -0.465 e. The van der Waals surface area contributed by atoms with Gasteiger partial charge in [0, 0.05) is 19.1 Å². The fourth-order valence-corrected chi connectivity index (χ4v) is 1.30. The molecule has 0 aromatic rings. The third kappa shape index (κ3) is 2.31. The summed E-state index contributed by atoms with van der Waals surface area (Å²) in [4.78, 5) is 11.9. The maximum Gasteiger partial charge on any atom is 0.404 e. The number of hydrogen-bond donors (Lipinski definition) is 2. The van der Waals surface area contributed by atoms with Crippen molar-refractivity contribution < 1.29 is 9.90 Å². The Morgan fingerprint density at radius 2 is 2.17 bits per heavy atom. The van der Waals surface area contributed by atoms with E-state index < -0.39 is 6.09 Å². The van der Waals surface area contributed by atoms with Crippen LogP contribution in [0.1, 0.15) is 12.8 Å². The number of piperidine rings is 1. The number of rotatable bonds is 1. The van der Waals surface area contributed by atoms with E-state index in [-0.39, 0.29) is 6.04 Å². The zero-order valence-electron chi connectivity index (χ0n) is 6.66. The molecule has 2 N–H and O–H groups in total. The molecule has 1 amide bonds. The van der Waals surface area contributed by atoms with Crippen LogP contribution in [0.2, 0.25) is 0 Å². The van der Waals surface area contributed by atoms with Gasteiger partial charge in [-0.25, -0.2) is 4.79 Å². The predicted molar refractivity (Wildman–Crippen MR) is 41.4 cm³/mol. The van der Waals surface area contributed by atoms with Gasteiger partial charge in [-0.3, -0.25) is 0 Å². The SMILES string of the molecule is N#CN1CCC(NC(=O)O)CC1. The van der Waals surface area contributed by atoms with Crippen molar-refractivity contribution in [1.29, 1.82) is 5.26 Å². The van der Waals surface area contributed by atoms with E-state index in [1.54, 1.807) is 4.90 Å². The lowest BCUT2D eigenvalue weighted by atomic mass is 10.1. The molecule has 0 atom stereocenters. The maximum absolute atomic E-state index is 10.2. The monoisotopic (exact) mass is 169 g/mol. The van der Waals surface area contributed by atoms with Gasteiger partial charge in [0.2, 0.25) is 0 Å². The second-order valence-electron chi connectivity index (χ2n) is 2.81. The number of amides is 1. The first-order chi connectivity index (χ1) is 5.72. The lowest BCUT2D eigenvalue weighted by molar-refractivity contribution is 0.181. The van der Waals surface area contributed by atoms with Crippen molar-refractivity contribution >= 4 is 6.09 Å². The van der Waals surface area contributed by atoms with Crippen molar-refractivity contribution in [3.63, 3.8) is 0 Å². The molecule has 0 bridgehead atoms. The highest BCUT2D eigenvalue weighted by molar-refractivity contribution is 5.64. The van der Waals surface area contributed by atoms with Crippen molar-refractivity contribution in [3.8, 4) is 6.19 Å². The van der Waals surface area contributed by atoms with Gasteiger partial charge in [0.05, 0.1) is 0 Å². The molecular formula is C7H11N3O2. The highest BCUT2D eigenvalue weighted by atomic mass is 16.4. The Hall–Kier alpha value is -1.44. The smallest absolute Gasteiger partial charge is 0.404 e. The molecule has 1 heterocycles. The van der Waals surface area contributed by atoms with Crippen molar-refractivity contribution in [2.24, 2.45) is 0 Å². The van der Waals surface area contributed by atoms with E-state index in [2.05, 4.69) is 5.32 Å². The number of carbonyl (C=O) groups is 1. The Morgan fingerprint density at radius 1 is 1.58 bits per heavy atom. The van der Waals surface area contributed by atoms with Crippen LogP contribution in [0.15, 0.2) is 0 Å². The first-order valence-electron chi connectivity index (χ1n) is 3.86. The topological polar surface area (TPSA) is 76.4 Å². The average molecular weight is 169 g/mol. The Bertz CT molecular complexity index is 203. The Morgan fingerprint density at radius 3 is 2.58 bits per heavy atom. The standard InChI is InChI=1S/C7H11N3O2/c8-5-10-3-1-6(2-4-10)9-7(11)12/h6,9H,1-4H2,(H,11,12). The molecule has 0 radical (unpaired) electrons. The Balaban J connectivity index is 2.27. The van der Waals surface area contributed by atoms with Crippen molar-refractivity contribution in [2.45, 2.75) is 18.9 Å². The lowest BCUT2D eigenvalue weighted by Crippen LogP contribution is -2.42. The van der Waals surface area contributed by atoms with Crippen molar-refractivity contribution in [3.05, 3.63) is 0 Å². The molecule has 1 rings (SSSR count). The third-order valence-corrected chi connectivity index (χ3v) is 1.96. The lowest BCUT2D eigenvalue weighted by Gasteiger charge is -2.27. The van der Waals surface area contributed by atoms with Gasteiger partial charge in [-0.05, 0) is 12.8 Å². The summed E-state index contributed by atoms with van der Waals surface area (Å²) >= 11 is 0. The summed E-state index contributed by atoms with van der Waals surface area (Å²) in [5, 5.41) is 19.3. The Kier molecular flexibility index (Phi) is 2.75. The van der Waals surface area contributed by atoms with E-state index in [1.165, 1.54) is 0 Å². The minimum absolute atomic E-state index is 0.0205. The van der Waals surface area contributed by atoms with Crippen molar-refractivity contribution in [2.75, 3.05) is 13.1 Å². The van der Waals surface area contributed by atoms with Crippen LogP contribution < -0.4 is 5.32 Å². The predicted octanol–water partition coefficient (Wildman–Crippen LogP) is 0.199. The second kappa shape index (κ2) is 3.81. The van der Waals surface area contributed by atoms with Crippen LogP contribution in [0, 0.1) is 11.5 Å². The molecule has 12 heavy (non-hydrogen) atoms. The van der Waals surface area contributed by atoms with Gasteiger partial charge in [0.25, 0.3) is 0 Å².